The Labute approximate surface area is 124 Å². The molecule has 0 spiro atoms. The number of piperazine rings is 1. The van der Waals surface area contributed by atoms with E-state index in [0.29, 0.717) is 25.4 Å². The number of nitrogens with one attached hydrogen (secondary N) is 1. The van der Waals surface area contributed by atoms with E-state index in [2.05, 4.69) is 5.32 Å². The van der Waals surface area contributed by atoms with Gasteiger partial charge in [-0.25, -0.2) is 0 Å². The Balaban J connectivity index is 2.06. The summed E-state index contributed by atoms with van der Waals surface area (Å²) in [7, 11) is 0. The molecule has 5 heteroatoms. The molecule has 118 valence electrons. The van der Waals surface area contributed by atoms with Crippen LogP contribution in [0.4, 0.5) is 13.2 Å². The van der Waals surface area contributed by atoms with Crippen LogP contribution in [0.1, 0.15) is 19.4 Å². The molecule has 1 heterocycles. The SMILES string of the molecule is CC(C)C1CN(CC(F)(F)F)C(Cc2ccccc2)CN1. The molecule has 1 aliphatic heterocycles. The highest BCUT2D eigenvalue weighted by Gasteiger charge is 2.37. The van der Waals surface area contributed by atoms with Gasteiger partial charge in [0.25, 0.3) is 0 Å². The summed E-state index contributed by atoms with van der Waals surface area (Å²) in [6.07, 6.45) is -3.50. The molecule has 0 radical (unpaired) electrons. The zero-order valence-electron chi connectivity index (χ0n) is 12.5. The van der Waals surface area contributed by atoms with Crippen LogP contribution in [0.5, 0.6) is 0 Å². The number of alkyl halides is 3. The minimum Gasteiger partial charge on any atom is -0.311 e. The van der Waals surface area contributed by atoms with Gasteiger partial charge in [0.15, 0.2) is 0 Å². The smallest absolute Gasteiger partial charge is 0.311 e. The van der Waals surface area contributed by atoms with Gasteiger partial charge < -0.3 is 5.32 Å². The molecular weight excluding hydrogens is 277 g/mol. The molecule has 2 rings (SSSR count). The van der Waals surface area contributed by atoms with Crippen LogP contribution in [0.3, 0.4) is 0 Å². The van der Waals surface area contributed by atoms with Gasteiger partial charge in [-0.3, -0.25) is 4.90 Å². The fraction of sp³-hybridized carbons (Fsp3) is 0.625. The van der Waals surface area contributed by atoms with Gasteiger partial charge in [-0.15, -0.1) is 0 Å². The number of benzene rings is 1. The Hall–Kier alpha value is -1.07. The van der Waals surface area contributed by atoms with E-state index in [0.717, 1.165) is 5.56 Å². The van der Waals surface area contributed by atoms with Crippen molar-refractivity contribution >= 4 is 0 Å². The molecule has 0 saturated carbocycles. The van der Waals surface area contributed by atoms with Gasteiger partial charge in [0.1, 0.15) is 0 Å². The van der Waals surface area contributed by atoms with Crippen molar-refractivity contribution in [2.75, 3.05) is 19.6 Å². The first-order valence-corrected chi connectivity index (χ1v) is 7.43. The Bertz CT molecular complexity index is 431. The molecule has 0 bridgehead atoms. The first-order valence-electron chi connectivity index (χ1n) is 7.43. The molecule has 1 aromatic carbocycles. The number of rotatable bonds is 4. The lowest BCUT2D eigenvalue weighted by atomic mass is 9.96. The van der Waals surface area contributed by atoms with Crippen LogP contribution in [0.15, 0.2) is 30.3 Å². The monoisotopic (exact) mass is 300 g/mol. The summed E-state index contributed by atoms with van der Waals surface area (Å²) < 4.78 is 38.5. The topological polar surface area (TPSA) is 15.3 Å². The number of nitrogens with zero attached hydrogens (tertiary/aromatic N) is 1. The van der Waals surface area contributed by atoms with Crippen LogP contribution in [-0.2, 0) is 6.42 Å². The average molecular weight is 300 g/mol. The molecule has 1 fully saturated rings. The van der Waals surface area contributed by atoms with Gasteiger partial charge in [0, 0.05) is 25.2 Å². The lowest BCUT2D eigenvalue weighted by Crippen LogP contribution is -2.60. The van der Waals surface area contributed by atoms with E-state index >= 15 is 0 Å². The summed E-state index contributed by atoms with van der Waals surface area (Å²) in [5.74, 6) is 0.332. The Morgan fingerprint density at radius 1 is 1.24 bits per heavy atom. The lowest BCUT2D eigenvalue weighted by molar-refractivity contribution is -0.154. The number of hydrogen-bond donors (Lipinski definition) is 1. The minimum absolute atomic E-state index is 0.107. The first-order chi connectivity index (χ1) is 9.85. The first kappa shape index (κ1) is 16.3. The van der Waals surface area contributed by atoms with E-state index < -0.39 is 12.7 Å². The molecule has 1 aromatic rings. The van der Waals surface area contributed by atoms with Gasteiger partial charge in [-0.05, 0) is 17.9 Å². The molecule has 2 unspecified atom stereocenters. The fourth-order valence-electron chi connectivity index (χ4n) is 2.84. The van der Waals surface area contributed by atoms with Crippen molar-refractivity contribution in [3.05, 3.63) is 35.9 Å². The number of hydrogen-bond acceptors (Lipinski definition) is 2. The van der Waals surface area contributed by atoms with E-state index in [1.807, 2.05) is 44.2 Å². The standard InChI is InChI=1S/C16H23F3N2/c1-12(2)15-10-21(11-16(17,18)19)14(9-20-15)8-13-6-4-3-5-7-13/h3-7,12,14-15,20H,8-11H2,1-2H3. The van der Waals surface area contributed by atoms with E-state index in [9.17, 15) is 13.2 Å². The quantitative estimate of drug-likeness (QED) is 0.919. The van der Waals surface area contributed by atoms with Crippen LogP contribution in [-0.4, -0.2) is 42.8 Å². The summed E-state index contributed by atoms with van der Waals surface area (Å²) in [6, 6.07) is 9.74. The third kappa shape index (κ3) is 5.00. The second-order valence-corrected chi connectivity index (χ2v) is 6.15. The molecule has 1 N–H and O–H groups in total. The second kappa shape index (κ2) is 6.79. The lowest BCUT2D eigenvalue weighted by Gasteiger charge is -2.42. The predicted molar refractivity (Wildman–Crippen MR) is 78.2 cm³/mol. The normalized spacial score (nSPS) is 24.5. The zero-order valence-corrected chi connectivity index (χ0v) is 12.5. The van der Waals surface area contributed by atoms with E-state index in [-0.39, 0.29) is 12.1 Å². The van der Waals surface area contributed by atoms with Crippen molar-refractivity contribution in [2.45, 2.75) is 38.5 Å². The third-order valence-corrected chi connectivity index (χ3v) is 4.06. The average Bonchev–Trinajstić information content (AvgIpc) is 2.40. The van der Waals surface area contributed by atoms with Gasteiger partial charge in [-0.2, -0.15) is 13.2 Å². The number of halogens is 3. The Morgan fingerprint density at radius 3 is 2.48 bits per heavy atom. The molecule has 1 aliphatic rings. The summed E-state index contributed by atoms with van der Waals surface area (Å²) in [6.45, 7) is 4.32. The third-order valence-electron chi connectivity index (χ3n) is 4.06. The van der Waals surface area contributed by atoms with Gasteiger partial charge in [-0.1, -0.05) is 44.2 Å². The van der Waals surface area contributed by atoms with E-state index in [1.165, 1.54) is 0 Å². The van der Waals surface area contributed by atoms with Crippen LogP contribution < -0.4 is 5.32 Å². The predicted octanol–water partition coefficient (Wildman–Crippen LogP) is 3.09. The van der Waals surface area contributed by atoms with E-state index in [1.54, 1.807) is 4.90 Å². The second-order valence-electron chi connectivity index (χ2n) is 6.15. The summed E-state index contributed by atoms with van der Waals surface area (Å²) in [4.78, 5) is 1.59. The highest BCUT2D eigenvalue weighted by molar-refractivity contribution is 5.16. The maximum Gasteiger partial charge on any atom is 0.401 e. The minimum atomic E-state index is -4.15. The summed E-state index contributed by atoms with van der Waals surface area (Å²) in [5.41, 5.74) is 1.08. The van der Waals surface area contributed by atoms with Crippen molar-refractivity contribution in [3.8, 4) is 0 Å². The summed E-state index contributed by atoms with van der Waals surface area (Å²) in [5, 5.41) is 3.40. The van der Waals surface area contributed by atoms with Crippen LogP contribution >= 0.6 is 0 Å². The highest BCUT2D eigenvalue weighted by Crippen LogP contribution is 2.23. The van der Waals surface area contributed by atoms with Crippen molar-refractivity contribution < 1.29 is 13.2 Å². The largest absolute Gasteiger partial charge is 0.401 e. The molecule has 0 aromatic heterocycles. The van der Waals surface area contributed by atoms with Gasteiger partial charge in [0.2, 0.25) is 0 Å². The maximum atomic E-state index is 12.8. The Kier molecular flexibility index (Phi) is 5.27. The fourth-order valence-corrected chi connectivity index (χ4v) is 2.84. The van der Waals surface area contributed by atoms with Crippen molar-refractivity contribution in [3.63, 3.8) is 0 Å². The highest BCUT2D eigenvalue weighted by atomic mass is 19.4. The Morgan fingerprint density at radius 2 is 1.90 bits per heavy atom. The molecule has 0 amide bonds. The van der Waals surface area contributed by atoms with Gasteiger partial charge >= 0.3 is 6.18 Å². The maximum absolute atomic E-state index is 12.8. The van der Waals surface area contributed by atoms with Gasteiger partial charge in [0.05, 0.1) is 6.54 Å². The van der Waals surface area contributed by atoms with E-state index in [4.69, 9.17) is 0 Å². The molecule has 2 atom stereocenters. The molecule has 0 aliphatic carbocycles. The van der Waals surface area contributed by atoms with Crippen molar-refractivity contribution in [1.82, 2.24) is 10.2 Å². The van der Waals surface area contributed by atoms with Crippen molar-refractivity contribution in [2.24, 2.45) is 5.92 Å². The molecule has 21 heavy (non-hydrogen) atoms. The van der Waals surface area contributed by atoms with Crippen LogP contribution in [0, 0.1) is 5.92 Å². The van der Waals surface area contributed by atoms with Crippen molar-refractivity contribution in [1.29, 1.82) is 0 Å². The molecule has 1 saturated heterocycles. The van der Waals surface area contributed by atoms with Crippen LogP contribution in [0.25, 0.3) is 0 Å². The molecular formula is C16H23F3N2. The molecule has 2 nitrogen and oxygen atoms in total. The van der Waals surface area contributed by atoms with Crippen LogP contribution in [0.2, 0.25) is 0 Å². The summed E-state index contributed by atoms with van der Waals surface area (Å²) >= 11 is 0. The zero-order chi connectivity index (χ0) is 15.5.